The Kier molecular flexibility index (Phi) is 4.62. The maximum absolute atomic E-state index is 5.08. The van der Waals surface area contributed by atoms with Gasteiger partial charge in [-0.3, -0.25) is 0 Å². The molecule has 14 heavy (non-hydrogen) atoms. The van der Waals surface area contributed by atoms with Gasteiger partial charge in [-0.2, -0.15) is 0 Å². The summed E-state index contributed by atoms with van der Waals surface area (Å²) in [4.78, 5) is 0. The zero-order valence-corrected chi connectivity index (χ0v) is 8.79. The molecule has 0 amide bonds. The number of hydrogen-bond donors (Lipinski definition) is 1. The van der Waals surface area contributed by atoms with Gasteiger partial charge in [-0.1, -0.05) is 18.2 Å². The van der Waals surface area contributed by atoms with Crippen molar-refractivity contribution in [3.05, 3.63) is 42.1 Å². The predicted molar refractivity (Wildman–Crippen MR) is 59.5 cm³/mol. The SMILES string of the molecule is CCNC=CCc1ccc(OC)cc1. The van der Waals surface area contributed by atoms with Crippen molar-refractivity contribution in [2.75, 3.05) is 13.7 Å². The molecule has 0 aliphatic carbocycles. The molecular formula is C12H17NO. The highest BCUT2D eigenvalue weighted by atomic mass is 16.5. The Morgan fingerprint density at radius 3 is 2.57 bits per heavy atom. The van der Waals surface area contributed by atoms with Gasteiger partial charge in [-0.05, 0) is 37.2 Å². The number of rotatable bonds is 5. The summed E-state index contributed by atoms with van der Waals surface area (Å²) in [6.45, 7) is 3.05. The van der Waals surface area contributed by atoms with E-state index in [4.69, 9.17) is 4.74 Å². The number of benzene rings is 1. The van der Waals surface area contributed by atoms with Crippen LogP contribution in [0.1, 0.15) is 12.5 Å². The smallest absolute Gasteiger partial charge is 0.118 e. The van der Waals surface area contributed by atoms with Crippen LogP contribution in [0.3, 0.4) is 0 Å². The van der Waals surface area contributed by atoms with Crippen molar-refractivity contribution in [3.63, 3.8) is 0 Å². The van der Waals surface area contributed by atoms with Gasteiger partial charge in [0.2, 0.25) is 0 Å². The molecule has 0 fully saturated rings. The molecule has 0 spiro atoms. The van der Waals surface area contributed by atoms with Crippen molar-refractivity contribution < 1.29 is 4.74 Å². The summed E-state index contributed by atoms with van der Waals surface area (Å²) < 4.78 is 5.08. The molecule has 1 N–H and O–H groups in total. The van der Waals surface area contributed by atoms with Gasteiger partial charge in [0.25, 0.3) is 0 Å². The molecule has 0 atom stereocenters. The van der Waals surface area contributed by atoms with Gasteiger partial charge in [-0.25, -0.2) is 0 Å². The summed E-state index contributed by atoms with van der Waals surface area (Å²) in [6, 6.07) is 8.12. The van der Waals surface area contributed by atoms with Gasteiger partial charge >= 0.3 is 0 Å². The first-order valence-electron chi connectivity index (χ1n) is 4.88. The third-order valence-electron chi connectivity index (χ3n) is 1.95. The maximum atomic E-state index is 5.08. The zero-order valence-electron chi connectivity index (χ0n) is 8.79. The second kappa shape index (κ2) is 6.08. The van der Waals surface area contributed by atoms with Crippen LogP contribution in [0, 0.1) is 0 Å². The lowest BCUT2D eigenvalue weighted by atomic mass is 10.1. The average molecular weight is 191 g/mol. The highest BCUT2D eigenvalue weighted by Crippen LogP contribution is 2.11. The van der Waals surface area contributed by atoms with E-state index in [0.29, 0.717) is 0 Å². The van der Waals surface area contributed by atoms with Crippen LogP contribution in [0.4, 0.5) is 0 Å². The molecule has 1 aromatic carbocycles. The molecule has 0 radical (unpaired) electrons. The molecule has 76 valence electrons. The Morgan fingerprint density at radius 1 is 1.29 bits per heavy atom. The molecule has 0 saturated heterocycles. The Hall–Kier alpha value is -1.44. The first kappa shape index (κ1) is 10.6. The van der Waals surface area contributed by atoms with Crippen LogP contribution in [0.5, 0.6) is 5.75 Å². The molecule has 0 heterocycles. The minimum Gasteiger partial charge on any atom is -0.497 e. The molecule has 2 heteroatoms. The second-order valence-electron chi connectivity index (χ2n) is 3.01. The van der Waals surface area contributed by atoms with Crippen molar-refractivity contribution >= 4 is 0 Å². The number of ether oxygens (including phenoxy) is 1. The summed E-state index contributed by atoms with van der Waals surface area (Å²) >= 11 is 0. The van der Waals surface area contributed by atoms with Crippen LogP contribution < -0.4 is 10.1 Å². The first-order chi connectivity index (χ1) is 6.86. The summed E-state index contributed by atoms with van der Waals surface area (Å²) in [5.74, 6) is 0.907. The standard InChI is InChI=1S/C12H17NO/c1-3-13-10-4-5-11-6-8-12(14-2)9-7-11/h4,6-10,13H,3,5H2,1-2H3. The fourth-order valence-corrected chi connectivity index (χ4v) is 1.16. The van der Waals surface area contributed by atoms with Crippen LogP contribution >= 0.6 is 0 Å². The third kappa shape index (κ3) is 3.52. The lowest BCUT2D eigenvalue weighted by Crippen LogP contribution is -2.01. The van der Waals surface area contributed by atoms with E-state index >= 15 is 0 Å². The predicted octanol–water partition coefficient (Wildman–Crippen LogP) is 2.36. The van der Waals surface area contributed by atoms with Gasteiger partial charge in [0.05, 0.1) is 7.11 Å². The minimum absolute atomic E-state index is 0.907. The fraction of sp³-hybridized carbons (Fsp3) is 0.333. The average Bonchev–Trinajstić information content (AvgIpc) is 2.25. The number of allylic oxidation sites excluding steroid dienone is 1. The molecule has 0 unspecified atom stereocenters. The van der Waals surface area contributed by atoms with E-state index in [1.165, 1.54) is 5.56 Å². The highest BCUT2D eigenvalue weighted by Gasteiger charge is 1.90. The molecule has 2 nitrogen and oxygen atoms in total. The zero-order chi connectivity index (χ0) is 10.2. The Bertz CT molecular complexity index is 277. The molecule has 0 aliphatic rings. The van der Waals surface area contributed by atoms with E-state index in [9.17, 15) is 0 Å². The summed E-state index contributed by atoms with van der Waals surface area (Å²) in [5.41, 5.74) is 1.29. The Labute approximate surface area is 85.6 Å². The topological polar surface area (TPSA) is 21.3 Å². The van der Waals surface area contributed by atoms with Crippen LogP contribution in [-0.2, 0) is 6.42 Å². The van der Waals surface area contributed by atoms with Gasteiger partial charge in [0, 0.05) is 6.54 Å². The van der Waals surface area contributed by atoms with E-state index in [-0.39, 0.29) is 0 Å². The maximum Gasteiger partial charge on any atom is 0.118 e. The van der Waals surface area contributed by atoms with E-state index in [0.717, 1.165) is 18.7 Å². The fourth-order valence-electron chi connectivity index (χ4n) is 1.16. The van der Waals surface area contributed by atoms with E-state index in [1.807, 2.05) is 18.3 Å². The Balaban J connectivity index is 2.43. The van der Waals surface area contributed by atoms with E-state index < -0.39 is 0 Å². The van der Waals surface area contributed by atoms with Gasteiger partial charge < -0.3 is 10.1 Å². The first-order valence-corrected chi connectivity index (χ1v) is 4.88. The molecule has 0 aromatic heterocycles. The van der Waals surface area contributed by atoms with Crippen LogP contribution in [0.2, 0.25) is 0 Å². The lowest BCUT2D eigenvalue weighted by molar-refractivity contribution is 0.414. The van der Waals surface area contributed by atoms with Crippen molar-refractivity contribution in [1.29, 1.82) is 0 Å². The van der Waals surface area contributed by atoms with Crippen LogP contribution in [0.25, 0.3) is 0 Å². The molecule has 1 aromatic rings. The van der Waals surface area contributed by atoms with Crippen molar-refractivity contribution in [1.82, 2.24) is 5.32 Å². The molecule has 0 aliphatic heterocycles. The van der Waals surface area contributed by atoms with E-state index in [2.05, 4.69) is 30.4 Å². The molecule has 1 rings (SSSR count). The van der Waals surface area contributed by atoms with Crippen molar-refractivity contribution in [2.45, 2.75) is 13.3 Å². The van der Waals surface area contributed by atoms with Gasteiger partial charge in [0.1, 0.15) is 5.75 Å². The number of methoxy groups -OCH3 is 1. The third-order valence-corrected chi connectivity index (χ3v) is 1.95. The second-order valence-corrected chi connectivity index (χ2v) is 3.01. The lowest BCUT2D eigenvalue weighted by Gasteiger charge is -2.00. The summed E-state index contributed by atoms with van der Waals surface area (Å²) in [6.07, 6.45) is 5.06. The molecular weight excluding hydrogens is 174 g/mol. The molecule has 0 bridgehead atoms. The van der Waals surface area contributed by atoms with E-state index in [1.54, 1.807) is 7.11 Å². The monoisotopic (exact) mass is 191 g/mol. The number of nitrogens with one attached hydrogen (secondary N) is 1. The summed E-state index contributed by atoms with van der Waals surface area (Å²) in [5, 5.41) is 3.14. The normalized spacial score (nSPS) is 10.4. The molecule has 0 saturated carbocycles. The largest absolute Gasteiger partial charge is 0.497 e. The van der Waals surface area contributed by atoms with Crippen molar-refractivity contribution in [3.8, 4) is 5.75 Å². The highest BCUT2D eigenvalue weighted by molar-refractivity contribution is 5.28. The summed E-state index contributed by atoms with van der Waals surface area (Å²) in [7, 11) is 1.68. The van der Waals surface area contributed by atoms with Gasteiger partial charge in [-0.15, -0.1) is 0 Å². The Morgan fingerprint density at radius 2 is 2.00 bits per heavy atom. The van der Waals surface area contributed by atoms with Crippen LogP contribution in [0.15, 0.2) is 36.5 Å². The quantitative estimate of drug-likeness (QED) is 0.771. The van der Waals surface area contributed by atoms with Crippen LogP contribution in [-0.4, -0.2) is 13.7 Å². The number of hydrogen-bond acceptors (Lipinski definition) is 2. The van der Waals surface area contributed by atoms with Gasteiger partial charge in [0.15, 0.2) is 0 Å². The van der Waals surface area contributed by atoms with Crippen molar-refractivity contribution in [2.24, 2.45) is 0 Å². The minimum atomic E-state index is 0.907.